The number of carboxylic acid groups (broad SMARTS) is 1. The number of hydrogen-bond donors (Lipinski definition) is 1. The van der Waals surface area contributed by atoms with Crippen molar-refractivity contribution in [3.8, 4) is 5.75 Å². The van der Waals surface area contributed by atoms with Gasteiger partial charge in [0.15, 0.2) is 0 Å². The Kier molecular flexibility index (Phi) is 7.63. The van der Waals surface area contributed by atoms with E-state index in [1.165, 1.54) is 27.0 Å². The smallest absolute Gasteiger partial charge is 0.428 e. The summed E-state index contributed by atoms with van der Waals surface area (Å²) in [4.78, 5) is 11.7. The van der Waals surface area contributed by atoms with Crippen LogP contribution in [0, 0.1) is 5.82 Å². The summed E-state index contributed by atoms with van der Waals surface area (Å²) in [6.07, 6.45) is -6.09. The summed E-state index contributed by atoms with van der Waals surface area (Å²) in [7, 11) is 1.24. The monoisotopic (exact) mass is 428 g/mol. The van der Waals surface area contributed by atoms with E-state index in [4.69, 9.17) is 9.47 Å². The van der Waals surface area contributed by atoms with Gasteiger partial charge in [-0.3, -0.25) is 0 Å². The minimum Gasteiger partial charge on any atom is -0.496 e. The van der Waals surface area contributed by atoms with E-state index >= 15 is 0 Å². The Morgan fingerprint density at radius 1 is 1.31 bits per heavy atom. The van der Waals surface area contributed by atoms with Crippen LogP contribution in [0.2, 0.25) is 0 Å². The molecule has 1 N–H and O–H groups in total. The number of methoxy groups -OCH3 is 1. The molecule has 148 valence electrons. The average molecular weight is 429 g/mol. The van der Waals surface area contributed by atoms with Crippen LogP contribution >= 0.6 is 0 Å². The second-order valence-electron chi connectivity index (χ2n) is 6.74. The summed E-state index contributed by atoms with van der Waals surface area (Å²) in [6.45, 7) is 2.85. The van der Waals surface area contributed by atoms with E-state index in [1.807, 2.05) is 0 Å². The molecule has 0 radical (unpaired) electrons. The van der Waals surface area contributed by atoms with Crippen molar-refractivity contribution in [3.63, 3.8) is 0 Å². The molecule has 0 aliphatic heterocycles. The third-order valence-electron chi connectivity index (χ3n) is 4.23. The first kappa shape index (κ1) is 22.9. The highest BCUT2D eigenvalue weighted by Crippen LogP contribution is 2.45. The number of carboxylic acids is 1. The van der Waals surface area contributed by atoms with Crippen LogP contribution in [-0.4, -0.2) is 63.5 Å². The highest BCUT2D eigenvalue weighted by atomic mass is 29.5. The minimum atomic E-state index is -5.10. The number of halogens is 4. The molecule has 1 aromatic carbocycles. The van der Waals surface area contributed by atoms with Crippen LogP contribution in [0.3, 0.4) is 0 Å². The van der Waals surface area contributed by atoms with E-state index in [-0.39, 0.29) is 26.1 Å². The lowest BCUT2D eigenvalue weighted by Gasteiger charge is -2.38. The highest BCUT2D eigenvalue weighted by Gasteiger charge is 2.64. The van der Waals surface area contributed by atoms with Crippen molar-refractivity contribution >= 4 is 33.3 Å². The lowest BCUT2D eigenvalue weighted by atomic mass is 9.74. The Labute approximate surface area is 156 Å². The van der Waals surface area contributed by atoms with Crippen molar-refractivity contribution in [3.05, 3.63) is 29.6 Å². The maximum absolute atomic E-state index is 13.8. The molecule has 0 unspecified atom stereocenters. The molecule has 1 atom stereocenters. The number of carbonyl (C=O) groups is 1. The molecule has 0 aliphatic carbocycles. The predicted molar refractivity (Wildman–Crippen MR) is 100.0 cm³/mol. The maximum atomic E-state index is 13.8. The van der Waals surface area contributed by atoms with Gasteiger partial charge in [0.2, 0.25) is 0 Å². The molecular weight excluding hydrogens is 404 g/mol. The maximum Gasteiger partial charge on any atom is 0.428 e. The number of benzene rings is 1. The van der Waals surface area contributed by atoms with E-state index < -0.39 is 44.4 Å². The summed E-state index contributed by atoms with van der Waals surface area (Å²) in [6, 6.07) is 3.51. The molecule has 0 aliphatic rings. The van der Waals surface area contributed by atoms with Gasteiger partial charge in [-0.2, -0.15) is 13.2 Å². The van der Waals surface area contributed by atoms with Crippen LogP contribution in [0.15, 0.2) is 18.2 Å². The van der Waals surface area contributed by atoms with Crippen molar-refractivity contribution in [2.45, 2.75) is 37.5 Å². The van der Waals surface area contributed by atoms with Crippen LogP contribution < -0.4 is 4.74 Å². The second kappa shape index (κ2) is 8.67. The first-order valence-corrected chi connectivity index (χ1v) is 18.8. The zero-order valence-electron chi connectivity index (χ0n) is 15.2. The molecule has 4 nitrogen and oxygen atoms in total. The highest BCUT2D eigenvalue weighted by molar-refractivity contribution is 7.23. The van der Waals surface area contributed by atoms with E-state index in [9.17, 15) is 27.5 Å². The van der Waals surface area contributed by atoms with Gasteiger partial charge in [0.1, 0.15) is 11.6 Å². The fourth-order valence-electron chi connectivity index (χ4n) is 2.81. The number of ether oxygens (including phenoxy) is 2. The third-order valence-corrected chi connectivity index (χ3v) is 14.8. The van der Waals surface area contributed by atoms with Gasteiger partial charge in [-0.15, -0.1) is 0 Å². The Morgan fingerprint density at radius 3 is 2.38 bits per heavy atom. The summed E-state index contributed by atoms with van der Waals surface area (Å²) in [5.74, 6) is -2.52. The molecule has 26 heavy (non-hydrogen) atoms. The fourth-order valence-corrected chi connectivity index (χ4v) is 7.49. The lowest BCUT2D eigenvalue weighted by molar-refractivity contribution is -0.276. The van der Waals surface area contributed by atoms with Crippen LogP contribution in [0.1, 0.15) is 25.8 Å². The zero-order valence-corrected chi connectivity index (χ0v) is 20.1. The van der Waals surface area contributed by atoms with Gasteiger partial charge in [0.05, 0.1) is 7.11 Å². The van der Waals surface area contributed by atoms with Crippen LogP contribution in [0.25, 0.3) is 0 Å². The Balaban J connectivity index is 3.40. The lowest BCUT2D eigenvalue weighted by Crippen LogP contribution is -2.57. The molecule has 0 aromatic heterocycles. The molecule has 0 heterocycles. The third kappa shape index (κ3) is 4.96. The van der Waals surface area contributed by atoms with E-state index in [2.05, 4.69) is 0 Å². The van der Waals surface area contributed by atoms with Crippen molar-refractivity contribution < 1.29 is 36.9 Å². The summed E-state index contributed by atoms with van der Waals surface area (Å²) < 4.78 is 65.2. The van der Waals surface area contributed by atoms with Crippen molar-refractivity contribution in [1.82, 2.24) is 0 Å². The Hall–Kier alpha value is -1.18. The van der Waals surface area contributed by atoms with E-state index in [1.54, 1.807) is 0 Å². The number of aliphatic carboxylic acids is 1. The standard InChI is InChI=1S/C15H24F4O4Si3/c1-13(2,10-6-9(16)4-5-11(10)22-3)7-14(12(20)21,15(17,18)19)23-8-25-26-24/h4-6H,7-8,25-26H2,1-3,24H3,(H,20,21)/t14-/m0/s1. The molecule has 0 saturated heterocycles. The van der Waals surface area contributed by atoms with Gasteiger partial charge in [-0.1, -0.05) is 13.8 Å². The molecule has 0 spiro atoms. The molecule has 0 fully saturated rings. The molecule has 0 bridgehead atoms. The predicted octanol–water partition coefficient (Wildman–Crippen LogP) is 0.395. The summed E-state index contributed by atoms with van der Waals surface area (Å²) in [5, 5.41) is 9.44. The van der Waals surface area contributed by atoms with Crippen molar-refractivity contribution in [2.75, 3.05) is 13.3 Å². The van der Waals surface area contributed by atoms with E-state index in [0.717, 1.165) is 21.9 Å². The second-order valence-corrected chi connectivity index (χ2v) is 23.0. The number of rotatable bonds is 9. The normalized spacial score (nSPS) is 15.8. The zero-order chi connectivity index (χ0) is 20.2. The summed E-state index contributed by atoms with van der Waals surface area (Å²) in [5.41, 5.74) is -4.53. The largest absolute Gasteiger partial charge is 0.496 e. The van der Waals surface area contributed by atoms with Gasteiger partial charge >= 0.3 is 12.1 Å². The molecule has 0 saturated carbocycles. The van der Waals surface area contributed by atoms with Gasteiger partial charge in [0, 0.05) is 27.3 Å². The molecular formula is C15H24F4O4Si3. The quantitative estimate of drug-likeness (QED) is 0.351. The first-order valence-electron chi connectivity index (χ1n) is 8.19. The Morgan fingerprint density at radius 2 is 1.92 bits per heavy atom. The molecule has 11 heteroatoms. The number of hydrogen-bond acceptors (Lipinski definition) is 3. The molecule has 1 rings (SSSR count). The van der Waals surface area contributed by atoms with Crippen LogP contribution in [0.5, 0.6) is 5.75 Å². The van der Waals surface area contributed by atoms with Crippen molar-refractivity contribution in [2.24, 2.45) is 0 Å². The average Bonchev–Trinajstić information content (AvgIpc) is 2.52. The van der Waals surface area contributed by atoms with Gasteiger partial charge in [-0.05, 0) is 41.9 Å². The summed E-state index contributed by atoms with van der Waals surface area (Å²) >= 11 is 0. The molecule has 1 aromatic rings. The number of alkyl halides is 3. The van der Waals surface area contributed by atoms with Crippen LogP contribution in [0.4, 0.5) is 17.6 Å². The van der Waals surface area contributed by atoms with Crippen LogP contribution in [-0.2, 0) is 14.9 Å². The first-order chi connectivity index (χ1) is 11.9. The topological polar surface area (TPSA) is 55.8 Å². The SMILES string of the molecule is COc1ccc(F)cc1C(C)(C)C[C@](OC[SiH2][SiH2][SiH3])(C(=O)O)C(F)(F)F. The Bertz CT molecular complexity index is 640. The molecule has 0 amide bonds. The van der Waals surface area contributed by atoms with E-state index in [0.29, 0.717) is 0 Å². The van der Waals surface area contributed by atoms with Gasteiger partial charge < -0.3 is 14.6 Å². The minimum absolute atomic E-state index is 0.113. The van der Waals surface area contributed by atoms with Gasteiger partial charge in [0.25, 0.3) is 5.60 Å². The van der Waals surface area contributed by atoms with Gasteiger partial charge in [-0.25, -0.2) is 9.18 Å². The van der Waals surface area contributed by atoms with Crippen molar-refractivity contribution in [1.29, 1.82) is 0 Å². The fraction of sp³-hybridized carbons (Fsp3) is 0.533.